The van der Waals surface area contributed by atoms with Crippen LogP contribution in [0.3, 0.4) is 0 Å². The van der Waals surface area contributed by atoms with Crippen LogP contribution < -0.4 is 0 Å². The minimum absolute atomic E-state index is 0.873. The van der Waals surface area contributed by atoms with Gasteiger partial charge in [-0.15, -0.1) is 0 Å². The van der Waals surface area contributed by atoms with Gasteiger partial charge >= 0.3 is 0 Å². The summed E-state index contributed by atoms with van der Waals surface area (Å²) >= 11 is 0. The Morgan fingerprint density at radius 1 is 0.591 bits per heavy atom. The van der Waals surface area contributed by atoms with Crippen LogP contribution in [0.4, 0.5) is 0 Å². The fourth-order valence-corrected chi connectivity index (χ4v) is 3.23. The molecule has 0 saturated carbocycles. The summed E-state index contributed by atoms with van der Waals surface area (Å²) in [6.45, 7) is 9.71. The summed E-state index contributed by atoms with van der Waals surface area (Å²) in [4.78, 5) is 0. The van der Waals surface area contributed by atoms with Gasteiger partial charge < -0.3 is 4.48 Å². The maximum atomic E-state index is 2.42. The highest BCUT2D eigenvalue weighted by Gasteiger charge is 2.13. The largest absolute Gasteiger partial charge is 0.328 e. The first-order valence-electron chi connectivity index (χ1n) is 10.3. The molecule has 0 aromatic carbocycles. The second-order valence-corrected chi connectivity index (χ2v) is 8.45. The third-order valence-corrected chi connectivity index (χ3v) is 4.91. The molecule has 0 rings (SSSR count). The van der Waals surface area contributed by atoms with E-state index in [0.717, 1.165) is 5.92 Å². The lowest BCUT2D eigenvalue weighted by Crippen LogP contribution is -2.41. The van der Waals surface area contributed by atoms with E-state index in [-0.39, 0.29) is 0 Å². The molecule has 0 aliphatic rings. The molecule has 1 heteroatoms. The lowest BCUT2D eigenvalue weighted by molar-refractivity contribution is -0.890. The van der Waals surface area contributed by atoms with Gasteiger partial charge in [0.25, 0.3) is 0 Å². The van der Waals surface area contributed by atoms with Gasteiger partial charge in [-0.1, -0.05) is 78.6 Å². The van der Waals surface area contributed by atoms with Crippen molar-refractivity contribution in [2.45, 2.75) is 104 Å². The highest BCUT2D eigenvalue weighted by atomic mass is 15.3. The number of nitrogens with zero attached hydrogens (tertiary/aromatic N) is 1. The first kappa shape index (κ1) is 22.0. The molecule has 0 amide bonds. The van der Waals surface area contributed by atoms with Crippen LogP contribution in [0.15, 0.2) is 0 Å². The molecule has 134 valence electrons. The number of unbranched alkanes of at least 4 members (excludes halogenated alkanes) is 10. The van der Waals surface area contributed by atoms with E-state index in [4.69, 9.17) is 0 Å². The molecule has 0 bridgehead atoms. The van der Waals surface area contributed by atoms with E-state index in [0.29, 0.717) is 0 Å². The van der Waals surface area contributed by atoms with Crippen LogP contribution in [0, 0.1) is 5.92 Å². The summed E-state index contributed by atoms with van der Waals surface area (Å²) in [7, 11) is 4.84. The predicted molar refractivity (Wildman–Crippen MR) is 102 cm³/mol. The van der Waals surface area contributed by atoms with E-state index in [1.165, 1.54) is 101 Å². The molecule has 22 heavy (non-hydrogen) atoms. The van der Waals surface area contributed by atoms with E-state index in [9.17, 15) is 0 Å². The number of rotatable bonds is 16. The summed E-state index contributed by atoms with van der Waals surface area (Å²) in [6.07, 6.45) is 18.7. The predicted octanol–water partition coefficient (Wildman–Crippen LogP) is 6.81. The third kappa shape index (κ3) is 16.3. The van der Waals surface area contributed by atoms with Gasteiger partial charge in [0.15, 0.2) is 0 Å². The Balaban J connectivity index is 3.34. The van der Waals surface area contributed by atoms with Crippen molar-refractivity contribution in [1.29, 1.82) is 0 Å². The number of quaternary nitrogens is 1. The maximum Gasteiger partial charge on any atom is 0.0782 e. The van der Waals surface area contributed by atoms with Gasteiger partial charge in [0, 0.05) is 0 Å². The van der Waals surface area contributed by atoms with Crippen molar-refractivity contribution in [3.8, 4) is 0 Å². The van der Waals surface area contributed by atoms with Crippen molar-refractivity contribution in [2.24, 2.45) is 5.92 Å². The van der Waals surface area contributed by atoms with E-state index in [2.05, 4.69) is 34.9 Å². The lowest BCUT2D eigenvalue weighted by Gasteiger charge is -2.30. The summed E-state index contributed by atoms with van der Waals surface area (Å²) < 4.78 is 1.23. The summed E-state index contributed by atoms with van der Waals surface area (Å²) in [6, 6.07) is 0. The molecule has 0 aliphatic heterocycles. The molecule has 0 atom stereocenters. The second-order valence-electron chi connectivity index (χ2n) is 8.45. The normalized spacial score (nSPS) is 12.3. The average molecular weight is 313 g/mol. The molecular weight excluding hydrogens is 266 g/mol. The van der Waals surface area contributed by atoms with E-state index in [1.807, 2.05) is 0 Å². The molecule has 0 spiro atoms. The first-order valence-corrected chi connectivity index (χ1v) is 10.3. The van der Waals surface area contributed by atoms with Crippen molar-refractivity contribution in [3.05, 3.63) is 0 Å². The summed E-state index contributed by atoms with van der Waals surface area (Å²) in [5.41, 5.74) is 0. The molecule has 0 aromatic heterocycles. The molecule has 0 saturated heterocycles. The fourth-order valence-electron chi connectivity index (χ4n) is 3.23. The minimum Gasteiger partial charge on any atom is -0.328 e. The maximum absolute atomic E-state index is 2.42. The first-order chi connectivity index (χ1) is 10.5. The van der Waals surface area contributed by atoms with Crippen LogP contribution in [0.5, 0.6) is 0 Å². The van der Waals surface area contributed by atoms with Gasteiger partial charge in [-0.05, 0) is 31.6 Å². The molecule has 0 aromatic rings. The average Bonchev–Trinajstić information content (AvgIpc) is 2.45. The van der Waals surface area contributed by atoms with Crippen LogP contribution in [-0.2, 0) is 0 Å². The van der Waals surface area contributed by atoms with Crippen LogP contribution in [0.1, 0.15) is 104 Å². The Bertz CT molecular complexity index is 220. The van der Waals surface area contributed by atoms with Crippen LogP contribution in [0.2, 0.25) is 0 Å². The van der Waals surface area contributed by atoms with Crippen molar-refractivity contribution >= 4 is 0 Å². The number of hydrogen-bond donors (Lipinski definition) is 0. The topological polar surface area (TPSA) is 0 Å². The monoisotopic (exact) mass is 312 g/mol. The molecular formula is C21H46N+. The zero-order valence-electron chi connectivity index (χ0n) is 16.6. The summed E-state index contributed by atoms with van der Waals surface area (Å²) in [5, 5.41) is 0. The zero-order chi connectivity index (χ0) is 16.7. The van der Waals surface area contributed by atoms with Crippen LogP contribution in [-0.4, -0.2) is 31.7 Å². The van der Waals surface area contributed by atoms with E-state index >= 15 is 0 Å². The number of hydrogen-bond acceptors (Lipinski definition) is 0. The van der Waals surface area contributed by atoms with Gasteiger partial charge in [0.1, 0.15) is 0 Å². The third-order valence-electron chi connectivity index (χ3n) is 4.91. The summed E-state index contributed by atoms with van der Waals surface area (Å²) in [5.74, 6) is 0.873. The lowest BCUT2D eigenvalue weighted by atomic mass is 10.1. The highest BCUT2D eigenvalue weighted by Crippen LogP contribution is 2.13. The van der Waals surface area contributed by atoms with E-state index in [1.54, 1.807) is 0 Å². The van der Waals surface area contributed by atoms with Crippen molar-refractivity contribution in [1.82, 2.24) is 0 Å². The Hall–Kier alpha value is -0.0400. The molecule has 0 heterocycles. The Kier molecular flexibility index (Phi) is 14.5. The van der Waals surface area contributed by atoms with Gasteiger partial charge in [-0.3, -0.25) is 0 Å². The highest BCUT2D eigenvalue weighted by molar-refractivity contribution is 4.49. The fraction of sp³-hybridized carbons (Fsp3) is 1.00. The minimum atomic E-state index is 0.873. The van der Waals surface area contributed by atoms with Gasteiger partial charge in [0.2, 0.25) is 0 Å². The Labute approximate surface area is 142 Å². The molecule has 0 unspecified atom stereocenters. The van der Waals surface area contributed by atoms with Gasteiger partial charge in [0.05, 0.1) is 27.2 Å². The second kappa shape index (κ2) is 14.5. The van der Waals surface area contributed by atoms with Crippen LogP contribution >= 0.6 is 0 Å². The zero-order valence-corrected chi connectivity index (χ0v) is 16.6. The van der Waals surface area contributed by atoms with Crippen molar-refractivity contribution < 1.29 is 4.48 Å². The SMILES string of the molecule is CCCCCCCCCCCC[N+](C)(C)CCCCC(C)C. The van der Waals surface area contributed by atoms with Crippen molar-refractivity contribution in [2.75, 3.05) is 27.2 Å². The molecule has 0 aliphatic carbocycles. The molecule has 0 radical (unpaired) electrons. The smallest absolute Gasteiger partial charge is 0.0782 e. The Morgan fingerprint density at radius 3 is 1.45 bits per heavy atom. The standard InChI is InChI=1S/C21H46N/c1-6-7-8-9-10-11-12-13-14-16-19-22(4,5)20-17-15-18-21(2)3/h21H,6-20H2,1-5H3/q+1. The molecule has 0 N–H and O–H groups in total. The van der Waals surface area contributed by atoms with Gasteiger partial charge in [-0.25, -0.2) is 0 Å². The van der Waals surface area contributed by atoms with E-state index < -0.39 is 0 Å². The van der Waals surface area contributed by atoms with Gasteiger partial charge in [-0.2, -0.15) is 0 Å². The Morgan fingerprint density at radius 2 is 1.00 bits per heavy atom. The van der Waals surface area contributed by atoms with Crippen LogP contribution in [0.25, 0.3) is 0 Å². The van der Waals surface area contributed by atoms with Crippen molar-refractivity contribution in [3.63, 3.8) is 0 Å². The molecule has 0 fully saturated rings. The quantitative estimate of drug-likeness (QED) is 0.217. The molecule has 1 nitrogen and oxygen atoms in total.